The molecule has 0 unspecified atom stereocenters. The highest BCUT2D eigenvalue weighted by atomic mass is 19.1. The second-order valence-electron chi connectivity index (χ2n) is 4.82. The van der Waals surface area contributed by atoms with Crippen LogP contribution in [0.15, 0.2) is 40.9 Å². The molecule has 19 heavy (non-hydrogen) atoms. The Hall–Kier alpha value is -1.42. The molecule has 0 aromatic carbocycles. The molecule has 0 spiro atoms. The van der Waals surface area contributed by atoms with Gasteiger partial charge in [0.2, 0.25) is 0 Å². The third-order valence-electron chi connectivity index (χ3n) is 3.08. The van der Waals surface area contributed by atoms with Gasteiger partial charge in [-0.3, -0.25) is 0 Å². The summed E-state index contributed by atoms with van der Waals surface area (Å²) in [5.74, 6) is 0.491. The number of nitrogens with one attached hydrogen (secondary N) is 2. The molecule has 1 saturated heterocycles. The van der Waals surface area contributed by atoms with Gasteiger partial charge in [-0.15, -0.1) is 0 Å². The fourth-order valence-electron chi connectivity index (χ4n) is 1.91. The van der Waals surface area contributed by atoms with Crippen molar-refractivity contribution in [3.63, 3.8) is 0 Å². The zero-order chi connectivity index (χ0) is 14.1. The van der Waals surface area contributed by atoms with Gasteiger partial charge in [0.1, 0.15) is 0 Å². The van der Waals surface area contributed by atoms with E-state index in [0.29, 0.717) is 11.5 Å². The van der Waals surface area contributed by atoms with Gasteiger partial charge in [0.15, 0.2) is 11.6 Å². The molecule has 0 radical (unpaired) electrons. The Labute approximate surface area is 115 Å². The lowest BCUT2D eigenvalue weighted by Gasteiger charge is -2.23. The number of hydrogen-bond acceptors (Lipinski definition) is 3. The summed E-state index contributed by atoms with van der Waals surface area (Å²) < 4.78 is 13.9. The average Bonchev–Trinajstić information content (AvgIpc) is 2.43. The highest BCUT2D eigenvalue weighted by Gasteiger charge is 2.14. The van der Waals surface area contributed by atoms with Crippen molar-refractivity contribution in [2.75, 3.05) is 19.6 Å². The van der Waals surface area contributed by atoms with Gasteiger partial charge in [-0.1, -0.05) is 12.7 Å². The van der Waals surface area contributed by atoms with E-state index in [1.54, 1.807) is 19.2 Å². The van der Waals surface area contributed by atoms with Crippen LogP contribution >= 0.6 is 0 Å². The van der Waals surface area contributed by atoms with Crippen molar-refractivity contribution in [3.8, 4) is 0 Å². The monoisotopic (exact) mass is 265 g/mol. The molecule has 3 nitrogen and oxygen atoms in total. The molecule has 0 atom stereocenters. The lowest BCUT2D eigenvalue weighted by molar-refractivity contribution is 0.364. The summed E-state index contributed by atoms with van der Waals surface area (Å²) in [6.07, 6.45) is 7.46. The minimum Gasteiger partial charge on any atom is -0.367 e. The van der Waals surface area contributed by atoms with E-state index in [0.717, 1.165) is 32.5 Å². The molecule has 0 aromatic heterocycles. The van der Waals surface area contributed by atoms with Crippen LogP contribution < -0.4 is 10.6 Å². The molecule has 0 saturated carbocycles. The standard InChI is InChI=1S/C15H24FN3/c1-4-5-8-18-15(14(16)12(2)3)19-11-13-6-9-17-10-7-13/h4-5,8,13,17,19H,2,6-7,9-11H2,1,3H3/b5-4+,15-14-,18-8-. The molecular weight excluding hydrogens is 241 g/mol. The van der Waals surface area contributed by atoms with Crippen molar-refractivity contribution in [3.05, 3.63) is 36.0 Å². The normalized spacial score (nSPS) is 18.9. The van der Waals surface area contributed by atoms with Crippen molar-refractivity contribution < 1.29 is 4.39 Å². The predicted molar refractivity (Wildman–Crippen MR) is 79.9 cm³/mol. The molecule has 1 aliphatic heterocycles. The number of halogens is 1. The van der Waals surface area contributed by atoms with Crippen LogP contribution in [0.5, 0.6) is 0 Å². The van der Waals surface area contributed by atoms with Gasteiger partial charge < -0.3 is 10.6 Å². The Morgan fingerprint density at radius 3 is 2.74 bits per heavy atom. The SMILES string of the molecule is C=C(C)\C(F)=C(/N=C\C=C\C)NCC1CCNCC1. The number of allylic oxidation sites excluding steroid dienone is 4. The molecule has 1 aliphatic rings. The maximum atomic E-state index is 13.9. The molecule has 0 aliphatic carbocycles. The Balaban J connectivity index is 2.63. The molecular formula is C15H24FN3. The van der Waals surface area contributed by atoms with E-state index in [9.17, 15) is 4.39 Å². The van der Waals surface area contributed by atoms with Crippen LogP contribution in [0.2, 0.25) is 0 Å². The minimum atomic E-state index is -0.366. The second kappa shape index (κ2) is 8.64. The Kier molecular flexibility index (Phi) is 7.11. The van der Waals surface area contributed by atoms with Crippen LogP contribution in [0.1, 0.15) is 26.7 Å². The fourth-order valence-corrected chi connectivity index (χ4v) is 1.91. The third kappa shape index (κ3) is 5.83. The van der Waals surface area contributed by atoms with Gasteiger partial charge >= 0.3 is 0 Å². The van der Waals surface area contributed by atoms with E-state index in [1.165, 1.54) is 0 Å². The number of hydrogen-bond donors (Lipinski definition) is 2. The van der Waals surface area contributed by atoms with Crippen molar-refractivity contribution in [2.24, 2.45) is 10.9 Å². The summed E-state index contributed by atoms with van der Waals surface area (Å²) in [5.41, 5.74) is 0.394. The van der Waals surface area contributed by atoms with Gasteiger partial charge in [0, 0.05) is 12.8 Å². The van der Waals surface area contributed by atoms with Crippen LogP contribution in [0.4, 0.5) is 4.39 Å². The smallest absolute Gasteiger partial charge is 0.167 e. The summed E-state index contributed by atoms with van der Waals surface area (Å²) >= 11 is 0. The zero-order valence-electron chi connectivity index (χ0n) is 11.9. The average molecular weight is 265 g/mol. The van der Waals surface area contributed by atoms with Crippen molar-refractivity contribution in [2.45, 2.75) is 26.7 Å². The predicted octanol–water partition coefficient (Wildman–Crippen LogP) is 2.94. The fraction of sp³-hybridized carbons (Fsp3) is 0.533. The largest absolute Gasteiger partial charge is 0.367 e. The summed E-state index contributed by atoms with van der Waals surface area (Å²) in [4.78, 5) is 4.12. The Morgan fingerprint density at radius 1 is 1.47 bits per heavy atom. The van der Waals surface area contributed by atoms with E-state index < -0.39 is 0 Å². The molecule has 1 rings (SSSR count). The van der Waals surface area contributed by atoms with E-state index >= 15 is 0 Å². The van der Waals surface area contributed by atoms with E-state index in [1.807, 2.05) is 13.0 Å². The molecule has 1 fully saturated rings. The number of rotatable bonds is 6. The van der Waals surface area contributed by atoms with Gasteiger partial charge in [-0.2, -0.15) is 0 Å². The lowest BCUT2D eigenvalue weighted by atomic mass is 9.98. The summed E-state index contributed by atoms with van der Waals surface area (Å²) in [7, 11) is 0. The van der Waals surface area contributed by atoms with E-state index in [-0.39, 0.29) is 11.6 Å². The van der Waals surface area contributed by atoms with E-state index in [2.05, 4.69) is 22.2 Å². The first-order valence-corrected chi connectivity index (χ1v) is 6.80. The van der Waals surface area contributed by atoms with Crippen molar-refractivity contribution >= 4 is 6.21 Å². The quantitative estimate of drug-likeness (QED) is 0.572. The molecule has 0 bridgehead atoms. The van der Waals surface area contributed by atoms with E-state index in [4.69, 9.17) is 0 Å². The number of aliphatic imine (C=N–C) groups is 1. The van der Waals surface area contributed by atoms with Crippen molar-refractivity contribution in [1.29, 1.82) is 0 Å². The Bertz CT molecular complexity index is 377. The van der Waals surface area contributed by atoms with Crippen LogP contribution in [0.3, 0.4) is 0 Å². The molecule has 4 heteroatoms. The van der Waals surface area contributed by atoms with Gasteiger partial charge in [0.05, 0.1) is 0 Å². The second-order valence-corrected chi connectivity index (χ2v) is 4.82. The Morgan fingerprint density at radius 2 is 2.16 bits per heavy atom. The summed E-state index contributed by atoms with van der Waals surface area (Å²) in [6.45, 7) is 10.00. The maximum Gasteiger partial charge on any atom is 0.167 e. The number of piperidine rings is 1. The summed E-state index contributed by atoms with van der Waals surface area (Å²) in [5, 5.41) is 6.43. The topological polar surface area (TPSA) is 36.4 Å². The highest BCUT2D eigenvalue weighted by Crippen LogP contribution is 2.15. The first-order valence-electron chi connectivity index (χ1n) is 6.80. The van der Waals surface area contributed by atoms with Crippen molar-refractivity contribution in [1.82, 2.24) is 10.6 Å². The van der Waals surface area contributed by atoms with Gasteiger partial charge in [0.25, 0.3) is 0 Å². The minimum absolute atomic E-state index is 0.282. The molecule has 0 amide bonds. The lowest BCUT2D eigenvalue weighted by Crippen LogP contribution is -2.33. The van der Waals surface area contributed by atoms with Crippen LogP contribution in [0, 0.1) is 5.92 Å². The highest BCUT2D eigenvalue weighted by molar-refractivity contribution is 5.72. The molecule has 0 aromatic rings. The first-order chi connectivity index (χ1) is 9.15. The number of nitrogens with zero attached hydrogens (tertiary/aromatic N) is 1. The zero-order valence-corrected chi connectivity index (χ0v) is 11.9. The maximum absolute atomic E-state index is 13.9. The first kappa shape index (κ1) is 15.6. The molecule has 2 N–H and O–H groups in total. The molecule has 106 valence electrons. The van der Waals surface area contributed by atoms with Crippen LogP contribution in [0.25, 0.3) is 0 Å². The van der Waals surface area contributed by atoms with Gasteiger partial charge in [-0.05, 0) is 57.3 Å². The van der Waals surface area contributed by atoms with Crippen LogP contribution in [-0.2, 0) is 0 Å². The third-order valence-corrected chi connectivity index (χ3v) is 3.08. The van der Waals surface area contributed by atoms with Crippen LogP contribution in [-0.4, -0.2) is 25.8 Å². The molecule has 1 heterocycles. The van der Waals surface area contributed by atoms with Gasteiger partial charge in [-0.25, -0.2) is 9.38 Å². The summed E-state index contributed by atoms with van der Waals surface area (Å²) in [6, 6.07) is 0.